The van der Waals surface area contributed by atoms with Gasteiger partial charge in [0.1, 0.15) is 5.82 Å². The van der Waals surface area contributed by atoms with Crippen molar-refractivity contribution < 1.29 is 0 Å². The van der Waals surface area contributed by atoms with Crippen LogP contribution in [0.5, 0.6) is 0 Å². The number of hydrogen-bond donors (Lipinski definition) is 1. The van der Waals surface area contributed by atoms with Crippen molar-refractivity contribution in [3.63, 3.8) is 0 Å². The molecule has 0 bridgehead atoms. The van der Waals surface area contributed by atoms with E-state index in [0.29, 0.717) is 0 Å². The van der Waals surface area contributed by atoms with Gasteiger partial charge in [-0.05, 0) is 44.4 Å². The molecule has 0 radical (unpaired) electrons. The van der Waals surface area contributed by atoms with Gasteiger partial charge in [0.2, 0.25) is 0 Å². The lowest BCUT2D eigenvalue weighted by atomic mass is 9.86. The first-order valence-corrected chi connectivity index (χ1v) is 7.58. The van der Waals surface area contributed by atoms with Gasteiger partial charge in [-0.3, -0.25) is 4.90 Å². The van der Waals surface area contributed by atoms with Crippen LogP contribution in [0.2, 0.25) is 0 Å². The lowest BCUT2D eigenvalue weighted by Crippen LogP contribution is -2.35. The highest BCUT2D eigenvalue weighted by atomic mass is 15.1. The summed E-state index contributed by atoms with van der Waals surface area (Å²) in [5.41, 5.74) is 1.31. The van der Waals surface area contributed by atoms with Crippen molar-refractivity contribution in [2.75, 3.05) is 18.9 Å². The molecule has 3 heteroatoms. The fourth-order valence-electron chi connectivity index (χ4n) is 3.02. The van der Waals surface area contributed by atoms with E-state index in [2.05, 4.69) is 48.2 Å². The maximum absolute atomic E-state index is 4.44. The predicted octanol–water partition coefficient (Wildman–Crippen LogP) is 3.52. The first kappa shape index (κ1) is 14.3. The van der Waals surface area contributed by atoms with E-state index in [1.807, 2.05) is 6.20 Å². The number of nitrogens with one attached hydrogen (secondary N) is 1. The molecular weight excluding hydrogens is 234 g/mol. The Labute approximate surface area is 117 Å². The van der Waals surface area contributed by atoms with E-state index < -0.39 is 0 Å². The molecule has 1 heterocycles. The van der Waals surface area contributed by atoms with Crippen LogP contribution in [0.25, 0.3) is 0 Å². The molecular formula is C16H27N3. The molecule has 106 valence electrons. The van der Waals surface area contributed by atoms with Crippen molar-refractivity contribution in [2.24, 2.45) is 5.92 Å². The van der Waals surface area contributed by atoms with Crippen molar-refractivity contribution in [2.45, 2.75) is 52.1 Å². The zero-order valence-electron chi connectivity index (χ0n) is 12.5. The molecule has 19 heavy (non-hydrogen) atoms. The highest BCUT2D eigenvalue weighted by molar-refractivity contribution is 5.35. The Morgan fingerprint density at radius 2 is 2.21 bits per heavy atom. The number of rotatable bonds is 5. The zero-order chi connectivity index (χ0) is 13.7. The summed E-state index contributed by atoms with van der Waals surface area (Å²) in [5.74, 6) is 1.86. The lowest BCUT2D eigenvalue weighted by molar-refractivity contribution is 0.157. The Morgan fingerprint density at radius 3 is 2.84 bits per heavy atom. The predicted molar refractivity (Wildman–Crippen MR) is 81.3 cm³/mol. The van der Waals surface area contributed by atoms with Gasteiger partial charge in [0, 0.05) is 25.3 Å². The second kappa shape index (κ2) is 6.90. The maximum Gasteiger partial charge on any atom is 0.125 e. The van der Waals surface area contributed by atoms with Crippen molar-refractivity contribution in [1.82, 2.24) is 9.88 Å². The zero-order valence-corrected chi connectivity index (χ0v) is 12.5. The van der Waals surface area contributed by atoms with E-state index in [1.165, 1.54) is 31.2 Å². The van der Waals surface area contributed by atoms with Gasteiger partial charge < -0.3 is 5.32 Å². The molecule has 3 nitrogen and oxygen atoms in total. The minimum atomic E-state index is 0.747. The molecule has 1 aromatic rings. The van der Waals surface area contributed by atoms with Gasteiger partial charge in [0.15, 0.2) is 0 Å². The Bertz CT molecular complexity index is 374. The summed E-state index contributed by atoms with van der Waals surface area (Å²) in [6.07, 6.45) is 7.49. The second-order valence-corrected chi connectivity index (χ2v) is 5.92. The average Bonchev–Trinajstić information content (AvgIpc) is 2.41. The Morgan fingerprint density at radius 1 is 1.37 bits per heavy atom. The quantitative estimate of drug-likeness (QED) is 0.879. The van der Waals surface area contributed by atoms with Crippen molar-refractivity contribution in [1.29, 1.82) is 0 Å². The van der Waals surface area contributed by atoms with Crippen molar-refractivity contribution in [3.8, 4) is 0 Å². The van der Waals surface area contributed by atoms with Gasteiger partial charge in [-0.2, -0.15) is 0 Å². The van der Waals surface area contributed by atoms with Crippen LogP contribution in [0, 0.1) is 5.92 Å². The first-order chi connectivity index (χ1) is 9.19. The van der Waals surface area contributed by atoms with E-state index in [0.717, 1.165) is 30.9 Å². The molecule has 1 fully saturated rings. The third-order valence-corrected chi connectivity index (χ3v) is 4.15. The number of aromatic nitrogens is 1. The van der Waals surface area contributed by atoms with Crippen LogP contribution in [0.4, 0.5) is 5.82 Å². The summed E-state index contributed by atoms with van der Waals surface area (Å²) in [6.45, 7) is 6.41. The fourth-order valence-corrected chi connectivity index (χ4v) is 3.02. The Kier molecular flexibility index (Phi) is 5.20. The number of hydrogen-bond acceptors (Lipinski definition) is 3. The van der Waals surface area contributed by atoms with Crippen LogP contribution in [0.1, 0.15) is 45.1 Å². The summed E-state index contributed by atoms with van der Waals surface area (Å²) < 4.78 is 0. The minimum absolute atomic E-state index is 0.747. The molecule has 0 saturated heterocycles. The molecule has 1 aromatic heterocycles. The van der Waals surface area contributed by atoms with E-state index in [9.17, 15) is 0 Å². The number of anilines is 1. The van der Waals surface area contributed by atoms with Gasteiger partial charge >= 0.3 is 0 Å². The Balaban J connectivity index is 1.88. The van der Waals surface area contributed by atoms with Crippen LogP contribution < -0.4 is 5.32 Å². The van der Waals surface area contributed by atoms with Gasteiger partial charge in [0.25, 0.3) is 0 Å². The smallest absolute Gasteiger partial charge is 0.125 e. The van der Waals surface area contributed by atoms with Crippen molar-refractivity contribution in [3.05, 3.63) is 23.9 Å². The van der Waals surface area contributed by atoms with Crippen LogP contribution in [0.15, 0.2) is 18.3 Å². The normalized spacial score (nSPS) is 23.6. The third-order valence-electron chi connectivity index (χ3n) is 4.15. The molecule has 0 aliphatic heterocycles. The van der Waals surface area contributed by atoms with Gasteiger partial charge in [0.05, 0.1) is 0 Å². The molecule has 2 atom stereocenters. The highest BCUT2D eigenvalue weighted by Crippen LogP contribution is 2.27. The van der Waals surface area contributed by atoms with E-state index in [-0.39, 0.29) is 0 Å². The topological polar surface area (TPSA) is 28.2 Å². The van der Waals surface area contributed by atoms with Gasteiger partial charge in [-0.15, -0.1) is 0 Å². The van der Waals surface area contributed by atoms with E-state index in [1.54, 1.807) is 0 Å². The third kappa shape index (κ3) is 4.20. The summed E-state index contributed by atoms with van der Waals surface area (Å²) in [5, 5.41) is 3.23. The SMILES string of the molecule is CCNc1ccc(CN(C)C2CCCC(C)C2)cn1. The molecule has 1 aliphatic rings. The van der Waals surface area contributed by atoms with E-state index >= 15 is 0 Å². The van der Waals surface area contributed by atoms with Crippen LogP contribution in [-0.4, -0.2) is 29.5 Å². The molecule has 0 spiro atoms. The first-order valence-electron chi connectivity index (χ1n) is 7.58. The molecule has 1 aliphatic carbocycles. The summed E-state index contributed by atoms with van der Waals surface area (Å²) in [7, 11) is 2.25. The highest BCUT2D eigenvalue weighted by Gasteiger charge is 2.22. The molecule has 0 aromatic carbocycles. The number of pyridine rings is 1. The Hall–Kier alpha value is -1.09. The molecule has 2 unspecified atom stereocenters. The minimum Gasteiger partial charge on any atom is -0.370 e. The molecule has 1 N–H and O–H groups in total. The largest absolute Gasteiger partial charge is 0.370 e. The van der Waals surface area contributed by atoms with Gasteiger partial charge in [-0.1, -0.05) is 25.8 Å². The summed E-state index contributed by atoms with van der Waals surface area (Å²) >= 11 is 0. The van der Waals surface area contributed by atoms with Crippen LogP contribution in [0.3, 0.4) is 0 Å². The molecule has 1 saturated carbocycles. The van der Waals surface area contributed by atoms with E-state index in [4.69, 9.17) is 0 Å². The maximum atomic E-state index is 4.44. The van der Waals surface area contributed by atoms with Gasteiger partial charge in [-0.25, -0.2) is 4.98 Å². The second-order valence-electron chi connectivity index (χ2n) is 5.92. The van der Waals surface area contributed by atoms with Crippen LogP contribution in [-0.2, 0) is 6.54 Å². The standard InChI is InChI=1S/C16H27N3/c1-4-17-16-9-8-14(11-18-16)12-19(3)15-7-5-6-13(2)10-15/h8-9,11,13,15H,4-7,10,12H2,1-3H3,(H,17,18). The molecule has 2 rings (SSSR count). The van der Waals surface area contributed by atoms with Crippen molar-refractivity contribution >= 4 is 5.82 Å². The number of nitrogens with zero attached hydrogens (tertiary/aromatic N) is 2. The average molecular weight is 261 g/mol. The lowest BCUT2D eigenvalue weighted by Gasteiger charge is -2.34. The fraction of sp³-hybridized carbons (Fsp3) is 0.688. The molecule has 0 amide bonds. The summed E-state index contributed by atoms with van der Waals surface area (Å²) in [4.78, 5) is 6.94. The monoisotopic (exact) mass is 261 g/mol. The van der Waals surface area contributed by atoms with Crippen LogP contribution >= 0.6 is 0 Å². The summed E-state index contributed by atoms with van der Waals surface area (Å²) in [6, 6.07) is 5.02.